The number of ether oxygens (including phenoxy) is 4. The second kappa shape index (κ2) is 15.6. The number of carboxylic acids is 2. The van der Waals surface area contributed by atoms with Crippen molar-refractivity contribution in [2.24, 2.45) is 23.7 Å². The number of nitrogens with zero attached hydrogens (tertiary/aromatic N) is 2. The molecule has 0 spiro atoms. The van der Waals surface area contributed by atoms with Crippen molar-refractivity contribution in [3.8, 4) is 0 Å². The van der Waals surface area contributed by atoms with Crippen LogP contribution in [0, 0.1) is 23.7 Å². The molecule has 4 fully saturated rings. The van der Waals surface area contributed by atoms with Gasteiger partial charge in [-0.25, -0.2) is 9.59 Å². The van der Waals surface area contributed by atoms with Crippen molar-refractivity contribution in [1.82, 2.24) is 9.80 Å². The van der Waals surface area contributed by atoms with E-state index in [2.05, 4.69) is 0 Å². The highest BCUT2D eigenvalue weighted by molar-refractivity contribution is 5.71. The quantitative estimate of drug-likeness (QED) is 0.411. The van der Waals surface area contributed by atoms with E-state index in [0.29, 0.717) is 64.1 Å². The number of hydrogen-bond acceptors (Lipinski definition) is 8. The summed E-state index contributed by atoms with van der Waals surface area (Å²) in [5.41, 5.74) is -0.944. The van der Waals surface area contributed by atoms with E-state index >= 15 is 0 Å². The summed E-state index contributed by atoms with van der Waals surface area (Å²) in [4.78, 5) is 49.9. The monoisotopic (exact) mass is 626 g/mol. The maximum Gasteiger partial charge on any atom is 0.410 e. The predicted octanol–water partition coefficient (Wildman–Crippen LogP) is 5.03. The molecule has 4 atom stereocenters. The molecule has 44 heavy (non-hydrogen) atoms. The van der Waals surface area contributed by atoms with Crippen LogP contribution in [0.4, 0.5) is 9.59 Å². The highest BCUT2D eigenvalue weighted by Gasteiger charge is 2.38. The Balaban J connectivity index is 0.000000240. The summed E-state index contributed by atoms with van der Waals surface area (Å²) in [6, 6.07) is 0. The SMILES string of the molecule is CC(C)(C)OC(=O)N1CCC(C[C@@H]2OCC[C@@H]2C(=O)O)CC1.CC(C)(C)OC(=O)N1CCC(C[C@H]2OCC[C@H]2C(=O)O)CC1. The molecule has 0 bridgehead atoms. The van der Waals surface area contributed by atoms with Crippen molar-refractivity contribution in [1.29, 1.82) is 0 Å². The lowest BCUT2D eigenvalue weighted by Gasteiger charge is -2.34. The summed E-state index contributed by atoms with van der Waals surface area (Å²) in [6.45, 7) is 14.9. The Morgan fingerprint density at radius 3 is 1.20 bits per heavy atom. The molecule has 4 aliphatic heterocycles. The van der Waals surface area contributed by atoms with Crippen LogP contribution < -0.4 is 0 Å². The van der Waals surface area contributed by atoms with Gasteiger partial charge in [0, 0.05) is 39.4 Å². The van der Waals surface area contributed by atoms with Crippen LogP contribution in [-0.4, -0.2) is 107 Å². The lowest BCUT2D eigenvalue weighted by atomic mass is 9.87. The van der Waals surface area contributed by atoms with Crippen molar-refractivity contribution in [2.45, 2.75) is 116 Å². The minimum Gasteiger partial charge on any atom is -0.481 e. The first-order valence-corrected chi connectivity index (χ1v) is 16.2. The van der Waals surface area contributed by atoms with Crippen LogP contribution in [0.15, 0.2) is 0 Å². The predicted molar refractivity (Wildman–Crippen MR) is 161 cm³/mol. The maximum atomic E-state index is 12.0. The minimum absolute atomic E-state index is 0.171. The van der Waals surface area contributed by atoms with E-state index in [1.807, 2.05) is 41.5 Å². The molecule has 0 aromatic rings. The molecule has 4 heterocycles. The number of piperidine rings is 2. The minimum atomic E-state index is -0.756. The lowest BCUT2D eigenvalue weighted by Crippen LogP contribution is -2.42. The molecule has 0 aromatic carbocycles. The van der Waals surface area contributed by atoms with Gasteiger partial charge < -0.3 is 39.0 Å². The Bertz CT molecular complexity index is 896. The largest absolute Gasteiger partial charge is 0.481 e. The topological polar surface area (TPSA) is 152 Å². The van der Waals surface area contributed by atoms with Gasteiger partial charge >= 0.3 is 24.1 Å². The van der Waals surface area contributed by atoms with E-state index in [-0.39, 0.29) is 36.2 Å². The number of carboxylic acid groups (broad SMARTS) is 2. The van der Waals surface area contributed by atoms with Gasteiger partial charge in [0.05, 0.1) is 24.0 Å². The number of hydrogen-bond donors (Lipinski definition) is 2. The Labute approximate surface area is 261 Å². The average molecular weight is 627 g/mol. The Morgan fingerprint density at radius 1 is 0.614 bits per heavy atom. The Hall–Kier alpha value is -2.60. The third kappa shape index (κ3) is 11.4. The normalized spacial score (nSPS) is 27.0. The van der Waals surface area contributed by atoms with Crippen molar-refractivity contribution in [3.05, 3.63) is 0 Å². The fraction of sp³-hybridized carbons (Fsp3) is 0.875. The molecule has 0 aromatic heterocycles. The summed E-state index contributed by atoms with van der Waals surface area (Å²) in [5, 5.41) is 18.4. The molecule has 4 rings (SSSR count). The van der Waals surface area contributed by atoms with Crippen LogP contribution in [0.5, 0.6) is 0 Å². The molecule has 0 unspecified atom stereocenters. The summed E-state index contributed by atoms with van der Waals surface area (Å²) in [6.07, 6.45) is 5.43. The van der Waals surface area contributed by atoms with Gasteiger partial charge in [0.15, 0.2) is 0 Å². The van der Waals surface area contributed by atoms with Crippen molar-refractivity contribution in [2.75, 3.05) is 39.4 Å². The highest BCUT2D eigenvalue weighted by Crippen LogP contribution is 2.32. The van der Waals surface area contributed by atoms with Crippen molar-refractivity contribution in [3.63, 3.8) is 0 Å². The van der Waals surface area contributed by atoms with Crippen LogP contribution in [0.25, 0.3) is 0 Å². The molecule has 12 heteroatoms. The van der Waals surface area contributed by atoms with E-state index in [1.54, 1.807) is 9.80 Å². The number of carbonyl (C=O) groups excluding carboxylic acids is 2. The van der Waals surface area contributed by atoms with Gasteiger partial charge in [0.2, 0.25) is 0 Å². The number of rotatable bonds is 6. The van der Waals surface area contributed by atoms with Crippen molar-refractivity contribution >= 4 is 24.1 Å². The van der Waals surface area contributed by atoms with Crippen LogP contribution in [0.1, 0.15) is 92.9 Å². The van der Waals surface area contributed by atoms with E-state index in [4.69, 9.17) is 18.9 Å². The third-order valence-corrected chi connectivity index (χ3v) is 8.72. The lowest BCUT2D eigenvalue weighted by molar-refractivity contribution is -0.145. The van der Waals surface area contributed by atoms with Crippen LogP contribution in [0.3, 0.4) is 0 Å². The van der Waals surface area contributed by atoms with E-state index in [0.717, 1.165) is 38.5 Å². The molecule has 2 N–H and O–H groups in total. The van der Waals surface area contributed by atoms with Gasteiger partial charge in [0.25, 0.3) is 0 Å². The zero-order chi connectivity index (χ0) is 32.7. The van der Waals surface area contributed by atoms with Crippen LogP contribution >= 0.6 is 0 Å². The first kappa shape index (κ1) is 35.9. The first-order chi connectivity index (χ1) is 20.5. The Kier molecular flexibility index (Phi) is 12.7. The highest BCUT2D eigenvalue weighted by atomic mass is 16.6. The van der Waals surface area contributed by atoms with Gasteiger partial charge in [-0.05, 0) is 105 Å². The number of carbonyl (C=O) groups is 4. The molecule has 4 aliphatic rings. The van der Waals surface area contributed by atoms with E-state index in [9.17, 15) is 29.4 Å². The molecule has 252 valence electrons. The van der Waals surface area contributed by atoms with Gasteiger partial charge in [0.1, 0.15) is 11.2 Å². The molecule has 2 amide bonds. The number of aliphatic carboxylic acids is 2. The summed E-state index contributed by atoms with van der Waals surface area (Å²) in [7, 11) is 0. The first-order valence-electron chi connectivity index (χ1n) is 16.2. The fourth-order valence-corrected chi connectivity index (χ4v) is 6.34. The molecule has 0 radical (unpaired) electrons. The summed E-state index contributed by atoms with van der Waals surface area (Å²) < 4.78 is 21.9. The average Bonchev–Trinajstić information content (AvgIpc) is 3.58. The maximum absolute atomic E-state index is 12.0. The zero-order valence-corrected chi connectivity index (χ0v) is 27.4. The zero-order valence-electron chi connectivity index (χ0n) is 27.4. The summed E-state index contributed by atoms with van der Waals surface area (Å²) >= 11 is 0. The van der Waals surface area contributed by atoms with E-state index < -0.39 is 23.1 Å². The molecule has 4 saturated heterocycles. The van der Waals surface area contributed by atoms with Gasteiger partial charge in [-0.1, -0.05) is 0 Å². The van der Waals surface area contributed by atoms with Gasteiger partial charge in [-0.2, -0.15) is 0 Å². The van der Waals surface area contributed by atoms with Gasteiger partial charge in [-0.3, -0.25) is 9.59 Å². The summed E-state index contributed by atoms with van der Waals surface area (Å²) in [5.74, 6) is -1.41. The molecule has 0 aliphatic carbocycles. The standard InChI is InChI=1S/2C16H27NO5/c2*1-16(2,3)22-15(20)17-7-4-11(5-8-17)10-13-12(14(18)19)6-9-21-13/h2*11-13H,4-10H2,1-3H3,(H,18,19)/t2*12-,13-/m10/s1. The second-order valence-electron chi connectivity index (χ2n) is 14.6. The van der Waals surface area contributed by atoms with Crippen molar-refractivity contribution < 1.29 is 48.3 Å². The fourth-order valence-electron chi connectivity index (χ4n) is 6.34. The van der Waals surface area contributed by atoms with Crippen LogP contribution in [0.2, 0.25) is 0 Å². The second-order valence-corrected chi connectivity index (χ2v) is 14.6. The smallest absolute Gasteiger partial charge is 0.410 e. The Morgan fingerprint density at radius 2 is 0.932 bits per heavy atom. The van der Waals surface area contributed by atoms with Gasteiger partial charge in [-0.15, -0.1) is 0 Å². The molecular formula is C32H54N2O10. The van der Waals surface area contributed by atoms with E-state index in [1.165, 1.54) is 0 Å². The third-order valence-electron chi connectivity index (χ3n) is 8.72. The number of likely N-dealkylation sites (tertiary alicyclic amines) is 2. The van der Waals surface area contributed by atoms with Crippen LogP contribution in [-0.2, 0) is 28.5 Å². The number of amides is 2. The molecule has 0 saturated carbocycles. The molecular weight excluding hydrogens is 572 g/mol. The molecule has 12 nitrogen and oxygen atoms in total.